The molecule has 1 unspecified atom stereocenters. The summed E-state index contributed by atoms with van der Waals surface area (Å²) in [7, 11) is 0. The quantitative estimate of drug-likeness (QED) is 0.483. The van der Waals surface area contributed by atoms with Crippen molar-refractivity contribution in [3.63, 3.8) is 0 Å². The van der Waals surface area contributed by atoms with Crippen LogP contribution in [-0.2, 0) is 16.2 Å². The predicted octanol–water partition coefficient (Wildman–Crippen LogP) is 1.26. The number of oxime groups is 1. The van der Waals surface area contributed by atoms with E-state index in [1.165, 1.54) is 12.8 Å². The molecule has 0 spiro atoms. The average molecular weight is 292 g/mol. The molecule has 1 aromatic heterocycles. The van der Waals surface area contributed by atoms with E-state index in [9.17, 15) is 4.79 Å². The third-order valence-electron chi connectivity index (χ3n) is 4.20. The number of carbonyl (C=O) groups excluding carboxylic acids is 1. The maximum absolute atomic E-state index is 11.1. The standard InChI is InChI=1S/C14H20N4O3/c15-14(10-4-5-12(19)16-6-10)18-21-7-11-13(20-8-17-11)9-2-1-3-9/h8-10H,1-7H2,(H2,15,18)(H,16,19). The monoisotopic (exact) mass is 292 g/mol. The summed E-state index contributed by atoms with van der Waals surface area (Å²) in [6.45, 7) is 0.789. The number of hydrogen-bond donors (Lipinski definition) is 2. The van der Waals surface area contributed by atoms with Crippen molar-refractivity contribution in [1.82, 2.24) is 10.3 Å². The highest BCUT2D eigenvalue weighted by molar-refractivity contribution is 5.85. The maximum Gasteiger partial charge on any atom is 0.220 e. The van der Waals surface area contributed by atoms with Gasteiger partial charge in [0.25, 0.3) is 0 Å². The molecule has 2 aliphatic rings. The van der Waals surface area contributed by atoms with Gasteiger partial charge in [-0.25, -0.2) is 4.98 Å². The minimum atomic E-state index is 0.0473. The Hall–Kier alpha value is -2.05. The molecular weight excluding hydrogens is 272 g/mol. The minimum absolute atomic E-state index is 0.0473. The number of piperidine rings is 1. The molecule has 2 heterocycles. The van der Waals surface area contributed by atoms with Crippen molar-refractivity contribution >= 4 is 11.7 Å². The molecular formula is C14H20N4O3. The first-order valence-corrected chi connectivity index (χ1v) is 7.38. The van der Waals surface area contributed by atoms with Crippen molar-refractivity contribution in [2.45, 2.75) is 44.6 Å². The normalized spacial score (nSPS) is 23.5. The van der Waals surface area contributed by atoms with E-state index >= 15 is 0 Å². The molecule has 1 atom stereocenters. The zero-order chi connectivity index (χ0) is 14.7. The summed E-state index contributed by atoms with van der Waals surface area (Å²) >= 11 is 0. The third-order valence-corrected chi connectivity index (χ3v) is 4.20. The van der Waals surface area contributed by atoms with Crippen LogP contribution in [0.3, 0.4) is 0 Å². The first kappa shape index (κ1) is 13.9. The van der Waals surface area contributed by atoms with Crippen LogP contribution in [-0.4, -0.2) is 23.3 Å². The Bertz CT molecular complexity index is 526. The molecule has 3 rings (SSSR count). The van der Waals surface area contributed by atoms with Crippen LogP contribution in [0.1, 0.15) is 49.5 Å². The van der Waals surface area contributed by atoms with E-state index in [1.54, 1.807) is 0 Å². The van der Waals surface area contributed by atoms with Crippen LogP contribution >= 0.6 is 0 Å². The summed E-state index contributed by atoms with van der Waals surface area (Å²) in [5.41, 5.74) is 6.70. The smallest absolute Gasteiger partial charge is 0.220 e. The number of hydrogen-bond acceptors (Lipinski definition) is 5. The lowest BCUT2D eigenvalue weighted by Crippen LogP contribution is -2.41. The Morgan fingerprint density at radius 2 is 2.38 bits per heavy atom. The van der Waals surface area contributed by atoms with E-state index in [0.29, 0.717) is 31.1 Å². The van der Waals surface area contributed by atoms with E-state index in [1.807, 2.05) is 0 Å². The topological polar surface area (TPSA) is 103 Å². The SMILES string of the molecule is N/C(=N\OCc1ncoc1C1CCC1)C1CCC(=O)NC1. The second kappa shape index (κ2) is 6.15. The molecule has 1 aromatic rings. The van der Waals surface area contributed by atoms with Crippen molar-refractivity contribution in [3.8, 4) is 0 Å². The second-order valence-corrected chi connectivity index (χ2v) is 5.62. The number of carbonyl (C=O) groups is 1. The van der Waals surface area contributed by atoms with Gasteiger partial charge in [-0.15, -0.1) is 0 Å². The Morgan fingerprint density at radius 1 is 1.52 bits per heavy atom. The largest absolute Gasteiger partial charge is 0.448 e. The van der Waals surface area contributed by atoms with Gasteiger partial charge in [-0.2, -0.15) is 0 Å². The van der Waals surface area contributed by atoms with Crippen LogP contribution in [0.15, 0.2) is 16.0 Å². The highest BCUT2D eigenvalue weighted by atomic mass is 16.6. The summed E-state index contributed by atoms with van der Waals surface area (Å²) < 4.78 is 5.44. The van der Waals surface area contributed by atoms with Gasteiger partial charge >= 0.3 is 0 Å². The molecule has 3 N–H and O–H groups in total. The molecule has 0 bridgehead atoms. The summed E-state index contributed by atoms with van der Waals surface area (Å²) in [5.74, 6) is 1.92. The summed E-state index contributed by atoms with van der Waals surface area (Å²) in [4.78, 5) is 20.6. The fraction of sp³-hybridized carbons (Fsp3) is 0.643. The van der Waals surface area contributed by atoms with Gasteiger partial charge in [-0.3, -0.25) is 4.79 Å². The highest BCUT2D eigenvalue weighted by Crippen LogP contribution is 2.37. The lowest BCUT2D eigenvalue weighted by molar-refractivity contribution is -0.122. The minimum Gasteiger partial charge on any atom is -0.448 e. The number of nitrogens with zero attached hydrogens (tertiary/aromatic N) is 2. The van der Waals surface area contributed by atoms with E-state index in [2.05, 4.69) is 15.5 Å². The molecule has 21 heavy (non-hydrogen) atoms. The molecule has 0 radical (unpaired) electrons. The van der Waals surface area contributed by atoms with Crippen molar-refractivity contribution in [2.75, 3.05) is 6.54 Å². The van der Waals surface area contributed by atoms with Gasteiger partial charge in [0, 0.05) is 24.8 Å². The van der Waals surface area contributed by atoms with Crippen molar-refractivity contribution in [2.24, 2.45) is 16.8 Å². The van der Waals surface area contributed by atoms with Crippen molar-refractivity contribution < 1.29 is 14.0 Å². The number of amidine groups is 1. The van der Waals surface area contributed by atoms with Gasteiger partial charge in [-0.05, 0) is 19.3 Å². The lowest BCUT2D eigenvalue weighted by atomic mass is 9.83. The van der Waals surface area contributed by atoms with E-state index < -0.39 is 0 Å². The fourth-order valence-corrected chi connectivity index (χ4v) is 2.62. The fourth-order valence-electron chi connectivity index (χ4n) is 2.62. The van der Waals surface area contributed by atoms with Crippen molar-refractivity contribution in [3.05, 3.63) is 17.8 Å². The Balaban J connectivity index is 1.52. The Kier molecular flexibility index (Phi) is 4.08. The van der Waals surface area contributed by atoms with Gasteiger partial charge < -0.3 is 20.3 Å². The molecule has 1 aliphatic heterocycles. The van der Waals surface area contributed by atoms with E-state index in [-0.39, 0.29) is 18.4 Å². The Morgan fingerprint density at radius 3 is 3.05 bits per heavy atom. The molecule has 7 heteroatoms. The maximum atomic E-state index is 11.1. The number of aromatic nitrogens is 1. The zero-order valence-corrected chi connectivity index (χ0v) is 11.9. The lowest BCUT2D eigenvalue weighted by Gasteiger charge is -2.23. The number of oxazole rings is 1. The van der Waals surface area contributed by atoms with Crippen LogP contribution in [0.2, 0.25) is 0 Å². The number of amides is 1. The van der Waals surface area contributed by atoms with Crippen LogP contribution in [0.25, 0.3) is 0 Å². The molecule has 7 nitrogen and oxygen atoms in total. The van der Waals surface area contributed by atoms with Gasteiger partial charge in [0.15, 0.2) is 13.0 Å². The molecule has 1 amide bonds. The van der Waals surface area contributed by atoms with Crippen molar-refractivity contribution in [1.29, 1.82) is 0 Å². The van der Waals surface area contributed by atoms with E-state index in [0.717, 1.165) is 24.3 Å². The second-order valence-electron chi connectivity index (χ2n) is 5.62. The van der Waals surface area contributed by atoms with Crippen LogP contribution in [0.4, 0.5) is 0 Å². The molecule has 1 aliphatic carbocycles. The highest BCUT2D eigenvalue weighted by Gasteiger charge is 2.26. The van der Waals surface area contributed by atoms with Crippen LogP contribution < -0.4 is 11.1 Å². The number of rotatable bonds is 5. The average Bonchev–Trinajstić information content (AvgIpc) is 2.86. The molecule has 2 fully saturated rings. The molecule has 114 valence electrons. The molecule has 1 saturated heterocycles. The number of nitrogens with two attached hydrogens (primary N) is 1. The molecule has 1 saturated carbocycles. The zero-order valence-electron chi connectivity index (χ0n) is 11.9. The summed E-state index contributed by atoms with van der Waals surface area (Å²) in [6.07, 6.45) is 6.18. The Labute approximate surface area is 122 Å². The van der Waals surface area contributed by atoms with Crippen LogP contribution in [0, 0.1) is 5.92 Å². The van der Waals surface area contributed by atoms with Gasteiger partial charge in [0.1, 0.15) is 17.3 Å². The van der Waals surface area contributed by atoms with Gasteiger partial charge in [0.2, 0.25) is 5.91 Å². The predicted molar refractivity (Wildman–Crippen MR) is 75.2 cm³/mol. The third kappa shape index (κ3) is 3.17. The van der Waals surface area contributed by atoms with Gasteiger partial charge in [-0.1, -0.05) is 11.6 Å². The first-order valence-electron chi connectivity index (χ1n) is 7.38. The molecule has 0 aromatic carbocycles. The van der Waals surface area contributed by atoms with Crippen LogP contribution in [0.5, 0.6) is 0 Å². The first-order chi connectivity index (χ1) is 10.2. The summed E-state index contributed by atoms with van der Waals surface area (Å²) in [6, 6.07) is 0. The summed E-state index contributed by atoms with van der Waals surface area (Å²) in [5, 5.41) is 6.73. The van der Waals surface area contributed by atoms with E-state index in [4.69, 9.17) is 15.0 Å². The van der Waals surface area contributed by atoms with Gasteiger partial charge in [0.05, 0.1) is 0 Å². The number of nitrogens with one attached hydrogen (secondary N) is 1.